The zero-order valence-electron chi connectivity index (χ0n) is 13.7. The van der Waals surface area contributed by atoms with Crippen LogP contribution in [0.1, 0.15) is 57.0 Å². The first-order valence-electron chi connectivity index (χ1n) is 7.65. The van der Waals surface area contributed by atoms with Crippen LogP contribution in [0.4, 0.5) is 0 Å². The normalized spacial score (nSPS) is 18.1. The van der Waals surface area contributed by atoms with Crippen LogP contribution in [0.2, 0.25) is 0 Å². The van der Waals surface area contributed by atoms with E-state index < -0.39 is 0 Å². The lowest BCUT2D eigenvalue weighted by atomic mass is 10.0. The Balaban J connectivity index is 0.000000956. The van der Waals surface area contributed by atoms with Crippen molar-refractivity contribution in [3.8, 4) is 0 Å². The van der Waals surface area contributed by atoms with Gasteiger partial charge in [0.2, 0.25) is 0 Å². The summed E-state index contributed by atoms with van der Waals surface area (Å²) in [5.41, 5.74) is 3.43. The van der Waals surface area contributed by atoms with Crippen molar-refractivity contribution in [1.29, 1.82) is 0 Å². The molecular weight excluding hydrogens is 252 g/mol. The Morgan fingerprint density at radius 1 is 1.40 bits per heavy atom. The standard InChI is InChI=1S/C14H22N2O2.C2H6/c1-9(2)14-10(3)15-16(11(14)4)7-13(17)12-5-6-18-8-12;1-2/h9,12H,5-8H2,1-4H3;1-2H3. The van der Waals surface area contributed by atoms with Crippen LogP contribution in [-0.2, 0) is 16.1 Å². The zero-order valence-corrected chi connectivity index (χ0v) is 13.7. The van der Waals surface area contributed by atoms with Crippen LogP contribution in [-0.4, -0.2) is 28.8 Å². The second-order valence-corrected chi connectivity index (χ2v) is 5.42. The van der Waals surface area contributed by atoms with Gasteiger partial charge in [0.05, 0.1) is 12.3 Å². The van der Waals surface area contributed by atoms with E-state index in [0.29, 0.717) is 25.7 Å². The maximum absolute atomic E-state index is 12.1. The van der Waals surface area contributed by atoms with Gasteiger partial charge in [-0.15, -0.1) is 0 Å². The maximum Gasteiger partial charge on any atom is 0.159 e. The molecule has 2 heterocycles. The lowest BCUT2D eigenvalue weighted by molar-refractivity contribution is -0.123. The van der Waals surface area contributed by atoms with Gasteiger partial charge >= 0.3 is 0 Å². The molecule has 114 valence electrons. The summed E-state index contributed by atoms with van der Waals surface area (Å²) in [6.07, 6.45) is 0.856. The van der Waals surface area contributed by atoms with Gasteiger partial charge in [-0.1, -0.05) is 27.7 Å². The van der Waals surface area contributed by atoms with Crippen LogP contribution in [0.15, 0.2) is 0 Å². The molecule has 1 aromatic rings. The number of rotatable bonds is 4. The van der Waals surface area contributed by atoms with E-state index >= 15 is 0 Å². The summed E-state index contributed by atoms with van der Waals surface area (Å²) < 4.78 is 7.12. The van der Waals surface area contributed by atoms with E-state index in [1.165, 1.54) is 5.56 Å². The van der Waals surface area contributed by atoms with Gasteiger partial charge in [-0.25, -0.2) is 0 Å². The van der Waals surface area contributed by atoms with Crippen LogP contribution < -0.4 is 0 Å². The Bertz CT molecular complexity index is 444. The Kier molecular flexibility index (Phi) is 6.40. The van der Waals surface area contributed by atoms with Gasteiger partial charge in [-0.3, -0.25) is 9.48 Å². The number of ketones is 1. The molecule has 1 atom stereocenters. The molecule has 2 rings (SSSR count). The molecule has 1 fully saturated rings. The molecule has 0 saturated carbocycles. The topological polar surface area (TPSA) is 44.1 Å². The van der Waals surface area contributed by atoms with Crippen molar-refractivity contribution >= 4 is 5.78 Å². The number of hydrogen-bond acceptors (Lipinski definition) is 3. The summed E-state index contributed by atoms with van der Waals surface area (Å²) >= 11 is 0. The summed E-state index contributed by atoms with van der Waals surface area (Å²) in [5, 5.41) is 4.50. The van der Waals surface area contributed by atoms with Gasteiger partial charge in [-0.2, -0.15) is 5.10 Å². The molecule has 0 radical (unpaired) electrons. The molecule has 4 heteroatoms. The van der Waals surface area contributed by atoms with Gasteiger partial charge in [0.25, 0.3) is 0 Å². The van der Waals surface area contributed by atoms with Crippen LogP contribution >= 0.6 is 0 Å². The van der Waals surface area contributed by atoms with Crippen molar-refractivity contribution in [2.45, 2.75) is 60.4 Å². The van der Waals surface area contributed by atoms with Crippen molar-refractivity contribution in [3.63, 3.8) is 0 Å². The van der Waals surface area contributed by atoms with Crippen molar-refractivity contribution in [2.75, 3.05) is 13.2 Å². The van der Waals surface area contributed by atoms with Crippen LogP contribution in [0.25, 0.3) is 0 Å². The molecule has 1 aliphatic rings. The van der Waals surface area contributed by atoms with Crippen molar-refractivity contribution in [3.05, 3.63) is 17.0 Å². The number of nitrogens with zero attached hydrogens (tertiary/aromatic N) is 2. The minimum absolute atomic E-state index is 0.0661. The Labute approximate surface area is 122 Å². The number of Topliss-reactive ketones (excluding diaryl/α,β-unsaturated/α-hetero) is 1. The molecule has 1 saturated heterocycles. The molecule has 1 unspecified atom stereocenters. The number of ether oxygens (including phenoxy) is 1. The molecule has 0 bridgehead atoms. The van der Waals surface area contributed by atoms with Crippen LogP contribution in [0.5, 0.6) is 0 Å². The van der Waals surface area contributed by atoms with Gasteiger partial charge in [0.1, 0.15) is 6.54 Å². The third kappa shape index (κ3) is 3.69. The summed E-state index contributed by atoms with van der Waals surface area (Å²) in [6.45, 7) is 14.1. The summed E-state index contributed by atoms with van der Waals surface area (Å²) in [5.74, 6) is 0.758. The van der Waals surface area contributed by atoms with Crippen molar-refractivity contribution in [2.24, 2.45) is 5.92 Å². The van der Waals surface area contributed by atoms with Gasteiger partial charge in [0, 0.05) is 18.2 Å². The number of carbonyl (C=O) groups is 1. The van der Waals surface area contributed by atoms with E-state index in [1.54, 1.807) is 0 Å². The fourth-order valence-electron chi connectivity index (χ4n) is 2.77. The van der Waals surface area contributed by atoms with Gasteiger partial charge < -0.3 is 4.74 Å². The summed E-state index contributed by atoms with van der Waals surface area (Å²) in [7, 11) is 0. The highest BCUT2D eigenvalue weighted by atomic mass is 16.5. The zero-order chi connectivity index (χ0) is 15.3. The predicted octanol–water partition coefficient (Wildman–Crippen LogP) is 3.26. The van der Waals surface area contributed by atoms with Crippen molar-refractivity contribution < 1.29 is 9.53 Å². The molecule has 0 aromatic carbocycles. The van der Waals surface area contributed by atoms with E-state index in [2.05, 4.69) is 18.9 Å². The molecule has 1 aliphatic heterocycles. The van der Waals surface area contributed by atoms with Gasteiger partial charge in [-0.05, 0) is 31.7 Å². The minimum atomic E-state index is 0.0661. The second kappa shape index (κ2) is 7.58. The highest BCUT2D eigenvalue weighted by Crippen LogP contribution is 2.23. The number of aryl methyl sites for hydroxylation is 1. The van der Waals surface area contributed by atoms with E-state index in [4.69, 9.17) is 4.74 Å². The van der Waals surface area contributed by atoms with E-state index in [1.807, 2.05) is 32.4 Å². The lowest BCUT2D eigenvalue weighted by Crippen LogP contribution is -2.21. The molecule has 4 nitrogen and oxygen atoms in total. The third-order valence-electron chi connectivity index (χ3n) is 3.71. The average molecular weight is 280 g/mol. The fourth-order valence-corrected chi connectivity index (χ4v) is 2.77. The minimum Gasteiger partial charge on any atom is -0.381 e. The highest BCUT2D eigenvalue weighted by molar-refractivity contribution is 5.81. The Morgan fingerprint density at radius 3 is 2.50 bits per heavy atom. The van der Waals surface area contributed by atoms with E-state index in [-0.39, 0.29) is 11.7 Å². The maximum atomic E-state index is 12.1. The molecular formula is C16H28N2O2. The molecule has 1 aromatic heterocycles. The number of carbonyl (C=O) groups excluding carboxylic acids is 1. The molecule has 0 aliphatic carbocycles. The Hall–Kier alpha value is -1.16. The summed E-state index contributed by atoms with van der Waals surface area (Å²) in [6, 6.07) is 0. The third-order valence-corrected chi connectivity index (χ3v) is 3.71. The second-order valence-electron chi connectivity index (χ2n) is 5.42. The first-order chi connectivity index (χ1) is 9.50. The molecule has 0 spiro atoms. The fraction of sp³-hybridized carbons (Fsp3) is 0.750. The smallest absolute Gasteiger partial charge is 0.159 e. The van der Waals surface area contributed by atoms with E-state index in [0.717, 1.165) is 17.8 Å². The van der Waals surface area contributed by atoms with E-state index in [9.17, 15) is 4.79 Å². The monoisotopic (exact) mass is 280 g/mol. The predicted molar refractivity (Wildman–Crippen MR) is 81.1 cm³/mol. The lowest BCUT2D eigenvalue weighted by Gasteiger charge is -2.09. The number of hydrogen-bond donors (Lipinski definition) is 0. The molecule has 0 N–H and O–H groups in total. The highest BCUT2D eigenvalue weighted by Gasteiger charge is 2.25. The average Bonchev–Trinajstić information content (AvgIpc) is 3.01. The largest absolute Gasteiger partial charge is 0.381 e. The first kappa shape index (κ1) is 16.9. The SMILES string of the molecule is CC.Cc1nn(CC(=O)C2CCOC2)c(C)c1C(C)C. The summed E-state index contributed by atoms with van der Waals surface area (Å²) in [4.78, 5) is 12.1. The van der Waals surface area contributed by atoms with Crippen molar-refractivity contribution in [1.82, 2.24) is 9.78 Å². The van der Waals surface area contributed by atoms with Crippen LogP contribution in [0, 0.1) is 19.8 Å². The number of aromatic nitrogens is 2. The first-order valence-corrected chi connectivity index (χ1v) is 7.65. The quantitative estimate of drug-likeness (QED) is 0.850. The Morgan fingerprint density at radius 2 is 2.05 bits per heavy atom. The molecule has 20 heavy (non-hydrogen) atoms. The van der Waals surface area contributed by atoms with Crippen LogP contribution in [0.3, 0.4) is 0 Å². The van der Waals surface area contributed by atoms with Gasteiger partial charge in [0.15, 0.2) is 5.78 Å². The molecule has 0 amide bonds.